The smallest absolute Gasteiger partial charge is 0.251 e. The highest BCUT2D eigenvalue weighted by molar-refractivity contribution is 6.29. The largest absolute Gasteiger partial charge is 0.382 e. The van der Waals surface area contributed by atoms with Gasteiger partial charge in [0.15, 0.2) is 0 Å². The Labute approximate surface area is 118 Å². The van der Waals surface area contributed by atoms with E-state index in [0.717, 1.165) is 12.8 Å². The Bertz CT molecular complexity index is 388. The number of nitrogens with one attached hydrogen (secondary N) is 1. The zero-order valence-corrected chi connectivity index (χ0v) is 11.8. The molecule has 1 aromatic heterocycles. The van der Waals surface area contributed by atoms with Gasteiger partial charge in [-0.3, -0.25) is 4.79 Å². The van der Waals surface area contributed by atoms with Crippen LogP contribution in [0.5, 0.6) is 0 Å². The van der Waals surface area contributed by atoms with Crippen molar-refractivity contribution in [1.82, 2.24) is 10.3 Å². The number of hydrogen-bond donors (Lipinski definition) is 1. The summed E-state index contributed by atoms with van der Waals surface area (Å²) >= 11 is 5.72. The number of pyridine rings is 1. The molecular weight excluding hydrogens is 268 g/mol. The third-order valence-electron chi connectivity index (χ3n) is 2.42. The molecule has 1 aromatic rings. The summed E-state index contributed by atoms with van der Waals surface area (Å²) in [5.74, 6) is -0.135. The van der Waals surface area contributed by atoms with E-state index in [9.17, 15) is 4.79 Å². The maximum atomic E-state index is 11.7. The molecule has 0 aliphatic rings. The number of aromatic nitrogens is 1. The van der Waals surface area contributed by atoms with Gasteiger partial charge < -0.3 is 14.8 Å². The standard InChI is InChI=1S/C13H19ClN2O3/c1-18-8-9-19-7-3-2-5-16-13(17)11-4-6-15-12(14)10-11/h4,6,10H,2-3,5,7-9H2,1H3,(H,16,17). The lowest BCUT2D eigenvalue weighted by Gasteiger charge is -2.06. The highest BCUT2D eigenvalue weighted by Crippen LogP contribution is 2.06. The number of rotatable bonds is 9. The van der Waals surface area contributed by atoms with Gasteiger partial charge in [-0.1, -0.05) is 11.6 Å². The van der Waals surface area contributed by atoms with Crippen molar-refractivity contribution in [3.05, 3.63) is 29.0 Å². The first-order valence-electron chi connectivity index (χ1n) is 6.20. The Kier molecular flexibility index (Phi) is 8.13. The van der Waals surface area contributed by atoms with Crippen molar-refractivity contribution < 1.29 is 14.3 Å². The number of methoxy groups -OCH3 is 1. The fraction of sp³-hybridized carbons (Fsp3) is 0.538. The Morgan fingerprint density at radius 1 is 1.37 bits per heavy atom. The Hall–Kier alpha value is -1.17. The van der Waals surface area contributed by atoms with Crippen molar-refractivity contribution in [1.29, 1.82) is 0 Å². The quantitative estimate of drug-likeness (QED) is 0.556. The lowest BCUT2D eigenvalue weighted by Crippen LogP contribution is -2.24. The summed E-state index contributed by atoms with van der Waals surface area (Å²) in [6.07, 6.45) is 3.29. The Morgan fingerprint density at radius 2 is 2.21 bits per heavy atom. The molecule has 19 heavy (non-hydrogen) atoms. The molecule has 6 heteroatoms. The van der Waals surface area contributed by atoms with Gasteiger partial charge in [0, 0.05) is 32.0 Å². The molecule has 5 nitrogen and oxygen atoms in total. The Morgan fingerprint density at radius 3 is 2.95 bits per heavy atom. The molecule has 0 aliphatic carbocycles. The van der Waals surface area contributed by atoms with Crippen LogP contribution in [0.1, 0.15) is 23.2 Å². The van der Waals surface area contributed by atoms with Gasteiger partial charge in [0.2, 0.25) is 0 Å². The lowest BCUT2D eigenvalue weighted by molar-refractivity contribution is 0.0686. The number of amides is 1. The first-order valence-corrected chi connectivity index (χ1v) is 6.58. The van der Waals surface area contributed by atoms with E-state index in [1.165, 1.54) is 6.20 Å². The van der Waals surface area contributed by atoms with Gasteiger partial charge in [-0.2, -0.15) is 0 Å². The van der Waals surface area contributed by atoms with Gasteiger partial charge in [-0.05, 0) is 25.0 Å². The van der Waals surface area contributed by atoms with Crippen molar-refractivity contribution in [3.8, 4) is 0 Å². The first-order chi connectivity index (χ1) is 9.24. The van der Waals surface area contributed by atoms with E-state index in [1.54, 1.807) is 19.2 Å². The fourth-order valence-corrected chi connectivity index (χ4v) is 1.60. The average molecular weight is 287 g/mol. The van der Waals surface area contributed by atoms with Crippen LogP contribution in [0.4, 0.5) is 0 Å². The molecule has 0 saturated heterocycles. The number of carbonyl (C=O) groups excluding carboxylic acids is 1. The molecule has 1 amide bonds. The molecular formula is C13H19ClN2O3. The Balaban J connectivity index is 2.08. The van der Waals surface area contributed by atoms with Crippen LogP contribution in [0.3, 0.4) is 0 Å². The van der Waals surface area contributed by atoms with Crippen LogP contribution in [0.2, 0.25) is 5.15 Å². The molecule has 106 valence electrons. The van der Waals surface area contributed by atoms with Crippen LogP contribution in [0.25, 0.3) is 0 Å². The van der Waals surface area contributed by atoms with Crippen molar-refractivity contribution in [2.24, 2.45) is 0 Å². The maximum Gasteiger partial charge on any atom is 0.251 e. The van der Waals surface area contributed by atoms with Crippen molar-refractivity contribution >= 4 is 17.5 Å². The summed E-state index contributed by atoms with van der Waals surface area (Å²) in [4.78, 5) is 15.6. The topological polar surface area (TPSA) is 60.5 Å². The average Bonchev–Trinajstić information content (AvgIpc) is 2.41. The molecule has 0 spiro atoms. The molecule has 1 rings (SSSR count). The van der Waals surface area contributed by atoms with Gasteiger partial charge in [0.25, 0.3) is 5.91 Å². The van der Waals surface area contributed by atoms with Gasteiger partial charge in [-0.25, -0.2) is 4.98 Å². The van der Waals surface area contributed by atoms with Crippen LogP contribution in [0, 0.1) is 0 Å². The summed E-state index contributed by atoms with van der Waals surface area (Å²) < 4.78 is 10.2. The number of ether oxygens (including phenoxy) is 2. The highest BCUT2D eigenvalue weighted by atomic mass is 35.5. The van der Waals surface area contributed by atoms with Crippen LogP contribution in [-0.2, 0) is 9.47 Å². The summed E-state index contributed by atoms with van der Waals surface area (Å²) in [6.45, 7) is 2.52. The molecule has 0 aromatic carbocycles. The SMILES string of the molecule is COCCOCCCCNC(=O)c1ccnc(Cl)c1. The molecule has 0 fully saturated rings. The second-order valence-corrected chi connectivity index (χ2v) is 4.32. The number of halogens is 1. The van der Waals surface area contributed by atoms with Crippen molar-refractivity contribution in [2.75, 3.05) is 33.5 Å². The summed E-state index contributed by atoms with van der Waals surface area (Å²) in [5.41, 5.74) is 0.524. The van der Waals surface area contributed by atoms with Crippen LogP contribution in [0.15, 0.2) is 18.3 Å². The minimum Gasteiger partial charge on any atom is -0.382 e. The summed E-state index contributed by atoms with van der Waals surface area (Å²) in [6, 6.07) is 3.18. The summed E-state index contributed by atoms with van der Waals surface area (Å²) in [5, 5.41) is 3.14. The van der Waals surface area contributed by atoms with Gasteiger partial charge in [0.05, 0.1) is 13.2 Å². The van der Waals surface area contributed by atoms with E-state index in [2.05, 4.69) is 10.3 Å². The van der Waals surface area contributed by atoms with E-state index < -0.39 is 0 Å². The van der Waals surface area contributed by atoms with Gasteiger partial charge >= 0.3 is 0 Å². The molecule has 0 aliphatic heterocycles. The second-order valence-electron chi connectivity index (χ2n) is 3.94. The summed E-state index contributed by atoms with van der Waals surface area (Å²) in [7, 11) is 1.64. The molecule has 1 heterocycles. The minimum atomic E-state index is -0.135. The van der Waals surface area contributed by atoms with E-state index in [-0.39, 0.29) is 5.91 Å². The predicted molar refractivity (Wildman–Crippen MR) is 73.5 cm³/mol. The van der Waals surface area contributed by atoms with Gasteiger partial charge in [0.1, 0.15) is 5.15 Å². The van der Waals surface area contributed by atoms with Crippen LogP contribution >= 0.6 is 11.6 Å². The zero-order chi connectivity index (χ0) is 13.9. The van der Waals surface area contributed by atoms with Crippen molar-refractivity contribution in [3.63, 3.8) is 0 Å². The molecule has 0 atom stereocenters. The number of carbonyl (C=O) groups is 1. The predicted octanol–water partition coefficient (Wildman–Crippen LogP) is 1.91. The van der Waals surface area contributed by atoms with E-state index in [4.69, 9.17) is 21.1 Å². The van der Waals surface area contributed by atoms with Crippen LogP contribution < -0.4 is 5.32 Å². The molecule has 0 bridgehead atoms. The monoisotopic (exact) mass is 286 g/mol. The number of unbranched alkanes of at least 4 members (excludes halogenated alkanes) is 1. The van der Waals surface area contributed by atoms with Gasteiger partial charge in [-0.15, -0.1) is 0 Å². The zero-order valence-electron chi connectivity index (χ0n) is 11.0. The normalized spacial score (nSPS) is 10.4. The van der Waals surface area contributed by atoms with E-state index in [1.807, 2.05) is 0 Å². The minimum absolute atomic E-state index is 0.135. The van der Waals surface area contributed by atoms with E-state index >= 15 is 0 Å². The number of nitrogens with zero attached hydrogens (tertiary/aromatic N) is 1. The molecule has 0 unspecified atom stereocenters. The molecule has 0 radical (unpaired) electrons. The second kappa shape index (κ2) is 9.72. The third kappa shape index (κ3) is 7.10. The fourth-order valence-electron chi connectivity index (χ4n) is 1.42. The van der Waals surface area contributed by atoms with Crippen LogP contribution in [-0.4, -0.2) is 44.4 Å². The number of hydrogen-bond acceptors (Lipinski definition) is 4. The third-order valence-corrected chi connectivity index (χ3v) is 2.63. The molecule has 1 N–H and O–H groups in total. The van der Waals surface area contributed by atoms with Crippen molar-refractivity contribution in [2.45, 2.75) is 12.8 Å². The molecule has 0 saturated carbocycles. The maximum absolute atomic E-state index is 11.7. The lowest BCUT2D eigenvalue weighted by atomic mass is 10.2. The van der Waals surface area contributed by atoms with E-state index in [0.29, 0.717) is 37.1 Å². The first kappa shape index (κ1) is 15.9. The highest BCUT2D eigenvalue weighted by Gasteiger charge is 2.05.